The summed E-state index contributed by atoms with van der Waals surface area (Å²) >= 11 is 0. The summed E-state index contributed by atoms with van der Waals surface area (Å²) < 4.78 is 39.3. The van der Waals surface area contributed by atoms with Gasteiger partial charge in [-0.2, -0.15) is 4.31 Å². The minimum absolute atomic E-state index is 0.0929. The van der Waals surface area contributed by atoms with E-state index in [9.17, 15) is 13.2 Å². The first-order valence-corrected chi connectivity index (χ1v) is 15.1. The Morgan fingerprint density at radius 2 is 1.57 bits per heavy atom. The van der Waals surface area contributed by atoms with Gasteiger partial charge >= 0.3 is 0 Å². The number of hydrogen-bond acceptors (Lipinski definition) is 7. The second-order valence-corrected chi connectivity index (χ2v) is 12.3. The number of nitrogens with zero attached hydrogens (tertiary/aromatic N) is 4. The summed E-state index contributed by atoms with van der Waals surface area (Å²) in [4.78, 5) is 17.6. The van der Waals surface area contributed by atoms with Gasteiger partial charge in [-0.05, 0) is 62.6 Å². The number of carbonyl (C=O) groups is 1. The van der Waals surface area contributed by atoms with E-state index in [1.54, 1.807) is 20.1 Å². The Morgan fingerprint density at radius 1 is 0.925 bits per heavy atom. The number of carbonyl (C=O) groups excluding carboxylic acids is 1. The number of piperazine rings is 1. The molecule has 2 aliphatic rings. The third-order valence-corrected chi connectivity index (χ3v) is 9.83. The zero-order valence-electron chi connectivity index (χ0n) is 23.2. The molecule has 3 heterocycles. The summed E-state index contributed by atoms with van der Waals surface area (Å²) in [6, 6.07) is 15.9. The SMILES string of the molecule is COc1ccc(N2CCN(C(=O)C3CCN(S(=O)(=O)c4c(C)noc4C=Cc4ccc(C)cc4)CC3)CC2)cc1. The molecular weight excluding hydrogens is 528 g/mol. The van der Waals surface area contributed by atoms with Gasteiger partial charge in [-0.1, -0.05) is 41.1 Å². The van der Waals surface area contributed by atoms with E-state index in [2.05, 4.69) is 10.1 Å². The van der Waals surface area contributed by atoms with Crippen LogP contribution < -0.4 is 9.64 Å². The van der Waals surface area contributed by atoms with E-state index < -0.39 is 10.0 Å². The van der Waals surface area contributed by atoms with Gasteiger partial charge in [0.1, 0.15) is 11.4 Å². The molecule has 40 heavy (non-hydrogen) atoms. The number of aryl methyl sites for hydroxylation is 2. The molecule has 1 amide bonds. The van der Waals surface area contributed by atoms with Crippen molar-refractivity contribution >= 4 is 33.8 Å². The number of rotatable bonds is 7. The van der Waals surface area contributed by atoms with Crippen LogP contribution in [0.15, 0.2) is 57.9 Å². The molecule has 0 atom stereocenters. The van der Waals surface area contributed by atoms with Gasteiger partial charge in [0.2, 0.25) is 15.9 Å². The molecule has 9 nitrogen and oxygen atoms in total. The average Bonchev–Trinajstić information content (AvgIpc) is 3.37. The molecular formula is C30H36N4O5S. The van der Waals surface area contributed by atoms with Gasteiger partial charge < -0.3 is 19.1 Å². The normalized spacial score (nSPS) is 17.5. The molecule has 0 aliphatic carbocycles. The first-order valence-electron chi connectivity index (χ1n) is 13.7. The maximum atomic E-state index is 13.6. The van der Waals surface area contributed by atoms with Crippen LogP contribution >= 0.6 is 0 Å². The van der Waals surface area contributed by atoms with Crippen molar-refractivity contribution in [2.24, 2.45) is 5.92 Å². The Hall–Kier alpha value is -3.63. The standard InChI is InChI=1S/C30H36N4O5S/c1-22-4-6-24(7-5-22)8-13-28-29(23(2)31-39-28)40(36,37)34-16-14-25(15-17-34)30(35)33-20-18-32(19-21-33)26-9-11-27(38-3)12-10-26/h4-13,25H,14-21H2,1-3H3. The minimum Gasteiger partial charge on any atom is -0.497 e. The second-order valence-electron chi connectivity index (χ2n) is 10.4. The van der Waals surface area contributed by atoms with Crippen molar-refractivity contribution in [3.63, 3.8) is 0 Å². The second kappa shape index (κ2) is 11.9. The van der Waals surface area contributed by atoms with Crippen LogP contribution in [0.25, 0.3) is 12.2 Å². The van der Waals surface area contributed by atoms with E-state index in [1.165, 1.54) is 4.31 Å². The quantitative estimate of drug-likeness (QED) is 0.424. The Balaban J connectivity index is 1.18. The average molecular weight is 565 g/mol. The van der Waals surface area contributed by atoms with Crippen molar-refractivity contribution in [3.8, 4) is 5.75 Å². The molecule has 2 fully saturated rings. The maximum Gasteiger partial charge on any atom is 0.248 e. The molecule has 3 aromatic rings. The van der Waals surface area contributed by atoms with Crippen LogP contribution in [0.1, 0.15) is 35.4 Å². The van der Waals surface area contributed by atoms with E-state index in [-0.39, 0.29) is 35.6 Å². The van der Waals surface area contributed by atoms with Crippen molar-refractivity contribution in [2.45, 2.75) is 31.6 Å². The number of benzene rings is 2. The summed E-state index contributed by atoms with van der Waals surface area (Å²) in [5, 5.41) is 3.94. The fourth-order valence-electron chi connectivity index (χ4n) is 5.36. The molecule has 5 rings (SSSR count). The summed E-state index contributed by atoms with van der Waals surface area (Å²) in [5.74, 6) is 0.976. The van der Waals surface area contributed by atoms with Crippen LogP contribution in [0.3, 0.4) is 0 Å². The monoisotopic (exact) mass is 564 g/mol. The molecule has 0 unspecified atom stereocenters. The molecule has 0 radical (unpaired) electrons. The highest BCUT2D eigenvalue weighted by molar-refractivity contribution is 7.89. The molecule has 0 N–H and O–H groups in total. The van der Waals surface area contributed by atoms with Gasteiger partial charge in [0.15, 0.2) is 10.7 Å². The molecule has 2 aromatic carbocycles. The molecule has 2 saturated heterocycles. The summed E-state index contributed by atoms with van der Waals surface area (Å²) in [5.41, 5.74) is 3.53. The number of ether oxygens (including phenoxy) is 1. The smallest absolute Gasteiger partial charge is 0.248 e. The Kier molecular flexibility index (Phi) is 8.27. The Bertz CT molecular complexity index is 1450. The van der Waals surface area contributed by atoms with Crippen molar-refractivity contribution in [2.75, 3.05) is 51.3 Å². The highest BCUT2D eigenvalue weighted by atomic mass is 32.2. The number of hydrogen-bond donors (Lipinski definition) is 0. The lowest BCUT2D eigenvalue weighted by atomic mass is 9.96. The Labute approximate surface area is 236 Å². The van der Waals surface area contributed by atoms with Gasteiger partial charge in [0, 0.05) is 50.9 Å². The first kappa shape index (κ1) is 27.9. The van der Waals surface area contributed by atoms with Crippen LogP contribution in [0.2, 0.25) is 0 Å². The largest absolute Gasteiger partial charge is 0.497 e. The molecule has 0 bridgehead atoms. The molecule has 212 valence electrons. The maximum absolute atomic E-state index is 13.6. The fraction of sp³-hybridized carbons (Fsp3) is 0.400. The van der Waals surface area contributed by atoms with E-state index in [4.69, 9.17) is 9.26 Å². The predicted octanol–water partition coefficient (Wildman–Crippen LogP) is 4.22. The minimum atomic E-state index is -3.82. The van der Waals surface area contributed by atoms with Crippen LogP contribution in [0.5, 0.6) is 5.75 Å². The van der Waals surface area contributed by atoms with Crippen LogP contribution in [0.4, 0.5) is 5.69 Å². The van der Waals surface area contributed by atoms with E-state index in [0.717, 1.165) is 35.7 Å². The van der Waals surface area contributed by atoms with E-state index in [0.29, 0.717) is 31.6 Å². The summed E-state index contributed by atoms with van der Waals surface area (Å²) in [7, 11) is -2.17. The zero-order chi connectivity index (χ0) is 28.3. The first-order chi connectivity index (χ1) is 19.3. The van der Waals surface area contributed by atoms with Crippen molar-refractivity contribution in [1.82, 2.24) is 14.4 Å². The van der Waals surface area contributed by atoms with Crippen molar-refractivity contribution in [1.29, 1.82) is 0 Å². The molecule has 0 spiro atoms. The fourth-order valence-corrected chi connectivity index (χ4v) is 7.08. The lowest BCUT2D eigenvalue weighted by Crippen LogP contribution is -2.52. The zero-order valence-corrected chi connectivity index (χ0v) is 24.1. The summed E-state index contributed by atoms with van der Waals surface area (Å²) in [6.45, 7) is 7.06. The summed E-state index contributed by atoms with van der Waals surface area (Å²) in [6.07, 6.45) is 4.46. The van der Waals surface area contributed by atoms with Gasteiger partial charge in [-0.3, -0.25) is 4.79 Å². The molecule has 1 aromatic heterocycles. The van der Waals surface area contributed by atoms with Gasteiger partial charge in [-0.25, -0.2) is 8.42 Å². The predicted molar refractivity (Wildman–Crippen MR) is 155 cm³/mol. The molecule has 10 heteroatoms. The topological polar surface area (TPSA) is 96.2 Å². The number of anilines is 1. The lowest BCUT2D eigenvalue weighted by molar-refractivity contribution is -0.137. The Morgan fingerprint density at radius 3 is 2.20 bits per heavy atom. The van der Waals surface area contributed by atoms with Gasteiger partial charge in [0.25, 0.3) is 0 Å². The van der Waals surface area contributed by atoms with Crippen LogP contribution in [-0.4, -0.2) is 75.1 Å². The van der Waals surface area contributed by atoms with E-state index in [1.807, 2.05) is 66.4 Å². The number of piperidine rings is 1. The van der Waals surface area contributed by atoms with Gasteiger partial charge in [0.05, 0.1) is 7.11 Å². The number of sulfonamides is 1. The number of amides is 1. The highest BCUT2D eigenvalue weighted by Gasteiger charge is 2.37. The lowest BCUT2D eigenvalue weighted by Gasteiger charge is -2.39. The van der Waals surface area contributed by atoms with Crippen molar-refractivity contribution in [3.05, 3.63) is 71.1 Å². The number of methoxy groups -OCH3 is 1. The third kappa shape index (κ3) is 5.93. The molecule has 0 saturated carbocycles. The number of aromatic nitrogens is 1. The third-order valence-electron chi connectivity index (χ3n) is 7.77. The van der Waals surface area contributed by atoms with Crippen LogP contribution in [-0.2, 0) is 14.8 Å². The van der Waals surface area contributed by atoms with Crippen LogP contribution in [0, 0.1) is 19.8 Å². The molecule has 2 aliphatic heterocycles. The van der Waals surface area contributed by atoms with Gasteiger partial charge in [-0.15, -0.1) is 0 Å². The van der Waals surface area contributed by atoms with Crippen molar-refractivity contribution < 1.29 is 22.5 Å². The highest BCUT2D eigenvalue weighted by Crippen LogP contribution is 2.30. The van der Waals surface area contributed by atoms with E-state index >= 15 is 0 Å².